The van der Waals surface area contributed by atoms with Gasteiger partial charge in [-0.25, -0.2) is 0 Å². The van der Waals surface area contributed by atoms with E-state index in [9.17, 15) is 39.6 Å². The summed E-state index contributed by atoms with van der Waals surface area (Å²) in [6, 6.07) is 0. The quantitative estimate of drug-likeness (QED) is 0.393. The molecule has 0 saturated carbocycles. The first-order valence-electron chi connectivity index (χ1n) is 4.25. The molecule has 0 fully saturated rings. The number of carboxylic acid groups (broad SMARTS) is 4. The second-order valence-corrected chi connectivity index (χ2v) is 2.82. The summed E-state index contributed by atoms with van der Waals surface area (Å²) >= 11 is 0. The van der Waals surface area contributed by atoms with Gasteiger partial charge in [0.25, 0.3) is 0 Å². The van der Waals surface area contributed by atoms with Gasteiger partial charge in [-0.2, -0.15) is 0 Å². The molecule has 0 heterocycles. The molecule has 110 valence electrons. The van der Waals surface area contributed by atoms with Crippen LogP contribution in [0.4, 0.5) is 0 Å². The first kappa shape index (κ1) is 22.6. The topological polar surface area (TPSA) is 201 Å². The monoisotopic (exact) mass is 448 g/mol. The van der Waals surface area contributed by atoms with Crippen molar-refractivity contribution in [1.82, 2.24) is 0 Å². The molecule has 0 radical (unpaired) electrons. The van der Waals surface area contributed by atoms with Crippen molar-refractivity contribution in [3.63, 3.8) is 0 Å². The Bertz CT molecular complexity index is 295. The van der Waals surface area contributed by atoms with Gasteiger partial charge in [0.1, 0.15) is 0 Å². The van der Waals surface area contributed by atoms with E-state index in [1.165, 1.54) is 0 Å². The first-order valence-corrected chi connectivity index (χ1v) is 4.25. The number of hydrogen-bond acceptors (Lipinski definition) is 10. The number of carbonyl (C=O) groups excluding carboxylic acids is 4. The van der Waals surface area contributed by atoms with Gasteiger partial charge in [0.15, 0.2) is 0 Å². The molecule has 2 unspecified atom stereocenters. The summed E-state index contributed by atoms with van der Waals surface area (Å²) in [5.41, 5.74) is 0. The minimum atomic E-state index is -1.96. The molecule has 0 saturated heterocycles. The number of rotatable bonds is 6. The average molecular weight is 448 g/mol. The summed E-state index contributed by atoms with van der Waals surface area (Å²) in [5.74, 6) is -6.85. The maximum atomic E-state index is 9.58. The summed E-state index contributed by atoms with van der Waals surface area (Å²) < 4.78 is 0. The van der Waals surface area contributed by atoms with E-state index >= 15 is 0 Å². The van der Waals surface area contributed by atoms with Crippen LogP contribution in [0.2, 0.25) is 0 Å². The average Bonchev–Trinajstić information content (AvgIpc) is 2.16. The van der Waals surface area contributed by atoms with Crippen LogP contribution in [0.5, 0.6) is 0 Å². The van der Waals surface area contributed by atoms with E-state index in [1.807, 2.05) is 0 Å². The zero-order valence-electron chi connectivity index (χ0n) is 9.14. The van der Waals surface area contributed by atoms with Crippen molar-refractivity contribution in [3.05, 3.63) is 0 Å². The summed E-state index contributed by atoms with van der Waals surface area (Å²) in [7, 11) is 0. The molecule has 0 amide bonds. The number of carboxylic acids is 4. The van der Waals surface area contributed by atoms with Crippen molar-refractivity contribution in [2.24, 2.45) is 0 Å². The van der Waals surface area contributed by atoms with E-state index in [1.54, 1.807) is 0 Å². The fourth-order valence-electron chi connectivity index (χ4n) is 0.482. The molecule has 0 bridgehead atoms. The number of aliphatic hydroxyl groups excluding tert-OH is 2. The fraction of sp³-hybridized carbons (Fsp3) is 0.500. The standard InChI is InChI=1S/2C4H6O5.W/c2*5-2(4(8)9)1-3(6)7;/h2*2,5H,1H2,(H,6,7)(H,8,9);/p-4. The minimum absolute atomic E-state index is 0. The predicted octanol–water partition coefficient (Wildman–Crippen LogP) is -7.53. The minimum Gasteiger partial charge on any atom is -0.550 e. The van der Waals surface area contributed by atoms with Gasteiger partial charge in [0.2, 0.25) is 0 Å². The van der Waals surface area contributed by atoms with E-state index in [4.69, 9.17) is 10.2 Å². The Kier molecular flexibility index (Phi) is 13.8. The van der Waals surface area contributed by atoms with Gasteiger partial charge >= 0.3 is 0 Å². The van der Waals surface area contributed by atoms with E-state index < -0.39 is 48.9 Å². The van der Waals surface area contributed by atoms with Gasteiger partial charge < -0.3 is 49.8 Å². The molecule has 0 rings (SSSR count). The van der Waals surface area contributed by atoms with Crippen LogP contribution in [0.25, 0.3) is 0 Å². The maximum absolute atomic E-state index is 9.58. The van der Waals surface area contributed by atoms with E-state index in [-0.39, 0.29) is 21.1 Å². The Hall–Kier alpha value is -1.51. The number of carbonyl (C=O) groups is 4. The Morgan fingerprint density at radius 2 is 0.947 bits per heavy atom. The molecule has 2 atom stereocenters. The zero-order chi connectivity index (χ0) is 14.9. The molecular formula is C8H8O10W-4. The van der Waals surface area contributed by atoms with E-state index in [0.717, 1.165) is 0 Å². The van der Waals surface area contributed by atoms with Crippen LogP contribution in [0.3, 0.4) is 0 Å². The van der Waals surface area contributed by atoms with Crippen molar-refractivity contribution in [2.45, 2.75) is 25.0 Å². The second kappa shape index (κ2) is 11.6. The van der Waals surface area contributed by atoms with Crippen molar-refractivity contribution in [1.29, 1.82) is 0 Å². The maximum Gasteiger partial charge on any atom is 0.0985 e. The predicted molar refractivity (Wildman–Crippen MR) is 41.3 cm³/mol. The van der Waals surface area contributed by atoms with Crippen LogP contribution in [0.1, 0.15) is 12.8 Å². The van der Waals surface area contributed by atoms with Crippen LogP contribution in [0.15, 0.2) is 0 Å². The summed E-state index contributed by atoms with van der Waals surface area (Å²) in [6.07, 6.45) is -5.78. The molecule has 19 heavy (non-hydrogen) atoms. The Labute approximate surface area is 120 Å². The number of hydrogen-bond donors (Lipinski definition) is 2. The third-order valence-electron chi connectivity index (χ3n) is 1.26. The van der Waals surface area contributed by atoms with Crippen LogP contribution < -0.4 is 20.4 Å². The van der Waals surface area contributed by atoms with Gasteiger partial charge in [-0.3, -0.25) is 0 Å². The van der Waals surface area contributed by atoms with Gasteiger partial charge in [-0.05, 0) is 0 Å². The third kappa shape index (κ3) is 16.5. The Balaban J connectivity index is -0.000000256. The molecule has 11 heteroatoms. The van der Waals surface area contributed by atoms with Crippen molar-refractivity contribution in [3.8, 4) is 0 Å². The van der Waals surface area contributed by atoms with E-state index in [0.29, 0.717) is 0 Å². The van der Waals surface area contributed by atoms with Crippen molar-refractivity contribution >= 4 is 23.9 Å². The normalized spacial score (nSPS) is 11.9. The number of aliphatic hydroxyl groups is 2. The molecular weight excluding hydrogens is 440 g/mol. The largest absolute Gasteiger partial charge is 0.550 e. The molecule has 2 N–H and O–H groups in total. The molecule has 0 aliphatic heterocycles. The summed E-state index contributed by atoms with van der Waals surface area (Å²) in [5, 5.41) is 54.7. The smallest absolute Gasteiger partial charge is 0.0985 e. The molecule has 0 aliphatic rings. The SMILES string of the molecule is O=C([O-])CC(O)C(=O)[O-].O=C([O-])CC(O)C(=O)[O-].[W]. The fourth-order valence-corrected chi connectivity index (χ4v) is 0.482. The molecule has 0 aromatic carbocycles. The van der Waals surface area contributed by atoms with Crippen LogP contribution in [-0.2, 0) is 40.2 Å². The van der Waals surface area contributed by atoms with Crippen LogP contribution >= 0.6 is 0 Å². The zero-order valence-corrected chi connectivity index (χ0v) is 12.1. The van der Waals surface area contributed by atoms with Crippen molar-refractivity contribution < 1.29 is 70.9 Å². The molecule has 0 aromatic heterocycles. The Morgan fingerprint density at radius 1 is 0.737 bits per heavy atom. The summed E-state index contributed by atoms with van der Waals surface area (Å²) in [4.78, 5) is 38.3. The second-order valence-electron chi connectivity index (χ2n) is 2.82. The third-order valence-corrected chi connectivity index (χ3v) is 1.26. The first-order chi connectivity index (χ1) is 8.07. The van der Waals surface area contributed by atoms with Crippen molar-refractivity contribution in [2.75, 3.05) is 0 Å². The molecule has 0 aliphatic carbocycles. The van der Waals surface area contributed by atoms with Crippen LogP contribution in [-0.4, -0.2) is 46.3 Å². The van der Waals surface area contributed by atoms with Gasteiger partial charge in [-0.15, -0.1) is 0 Å². The Morgan fingerprint density at radius 3 is 1.00 bits per heavy atom. The molecule has 0 spiro atoms. The van der Waals surface area contributed by atoms with Crippen LogP contribution in [0, 0.1) is 0 Å². The number of aliphatic carboxylic acids is 4. The van der Waals surface area contributed by atoms with Gasteiger partial charge in [-0.1, -0.05) is 0 Å². The summed E-state index contributed by atoms with van der Waals surface area (Å²) in [6.45, 7) is 0. The van der Waals surface area contributed by atoms with E-state index in [2.05, 4.69) is 0 Å². The van der Waals surface area contributed by atoms with Gasteiger partial charge in [0, 0.05) is 45.8 Å². The molecule has 0 aromatic rings. The van der Waals surface area contributed by atoms with Gasteiger partial charge in [0.05, 0.1) is 24.1 Å². The molecule has 10 nitrogen and oxygen atoms in total.